The van der Waals surface area contributed by atoms with Crippen molar-refractivity contribution in [1.82, 2.24) is 9.97 Å². The molecule has 0 amide bonds. The van der Waals surface area contributed by atoms with E-state index in [0.717, 1.165) is 41.6 Å². The Labute approximate surface area is 117 Å². The van der Waals surface area contributed by atoms with Crippen LogP contribution in [0.5, 0.6) is 0 Å². The Kier molecular flexibility index (Phi) is 3.49. The predicted octanol–water partition coefficient (Wildman–Crippen LogP) is 3.43. The van der Waals surface area contributed by atoms with E-state index in [4.69, 9.17) is 16.3 Å². The average Bonchev–Trinajstić information content (AvgIpc) is 2.88. The zero-order chi connectivity index (χ0) is 13.2. The molecule has 0 spiro atoms. The molecule has 19 heavy (non-hydrogen) atoms. The Bertz CT molecular complexity index is 613. The quantitative estimate of drug-likeness (QED) is 0.805. The van der Waals surface area contributed by atoms with Gasteiger partial charge in [-0.05, 0) is 24.8 Å². The van der Waals surface area contributed by atoms with Gasteiger partial charge in [0.05, 0.1) is 6.61 Å². The molecule has 0 N–H and O–H groups in total. The van der Waals surface area contributed by atoms with Crippen molar-refractivity contribution in [3.8, 4) is 11.4 Å². The molecule has 0 atom stereocenters. The van der Waals surface area contributed by atoms with E-state index < -0.39 is 0 Å². The van der Waals surface area contributed by atoms with Crippen LogP contribution >= 0.6 is 11.6 Å². The van der Waals surface area contributed by atoms with Crippen molar-refractivity contribution in [3.63, 3.8) is 0 Å². The fourth-order valence-electron chi connectivity index (χ4n) is 2.53. The second-order valence-electron chi connectivity index (χ2n) is 4.71. The van der Waals surface area contributed by atoms with Crippen molar-refractivity contribution < 1.29 is 4.74 Å². The normalized spacial score (nSPS) is 13.6. The molecular weight excluding hydrogens is 260 g/mol. The Morgan fingerprint density at radius 3 is 2.89 bits per heavy atom. The summed E-state index contributed by atoms with van der Waals surface area (Å²) in [6, 6.07) is 8.02. The third kappa shape index (κ3) is 2.36. The number of aryl methyl sites for hydroxylation is 1. The summed E-state index contributed by atoms with van der Waals surface area (Å²) in [6.07, 6.45) is 3.11. The molecule has 0 unspecified atom stereocenters. The lowest BCUT2D eigenvalue weighted by Crippen LogP contribution is -2.00. The second-order valence-corrected chi connectivity index (χ2v) is 5.06. The van der Waals surface area contributed by atoms with Crippen LogP contribution in [-0.2, 0) is 24.2 Å². The molecular formula is C15H15ClN2O. The van der Waals surface area contributed by atoms with E-state index >= 15 is 0 Å². The smallest absolute Gasteiger partial charge is 0.161 e. The number of ether oxygens (including phenoxy) is 1. The number of rotatable bonds is 3. The highest BCUT2D eigenvalue weighted by Gasteiger charge is 2.19. The molecule has 3 nitrogen and oxygen atoms in total. The number of fused-ring (bicyclic) bond motifs is 1. The van der Waals surface area contributed by atoms with Crippen LogP contribution < -0.4 is 0 Å². The van der Waals surface area contributed by atoms with Gasteiger partial charge < -0.3 is 4.74 Å². The van der Waals surface area contributed by atoms with Gasteiger partial charge in [-0.25, -0.2) is 9.97 Å². The minimum absolute atomic E-state index is 0.550. The molecule has 0 saturated carbocycles. The molecule has 0 aliphatic heterocycles. The van der Waals surface area contributed by atoms with E-state index in [2.05, 4.69) is 9.97 Å². The average molecular weight is 275 g/mol. The Morgan fingerprint density at radius 2 is 2.05 bits per heavy atom. The largest absolute Gasteiger partial charge is 0.380 e. The van der Waals surface area contributed by atoms with Crippen molar-refractivity contribution in [3.05, 3.63) is 46.2 Å². The summed E-state index contributed by atoms with van der Waals surface area (Å²) in [5.74, 6) is 0.707. The van der Waals surface area contributed by atoms with Gasteiger partial charge in [-0.15, -0.1) is 0 Å². The van der Waals surface area contributed by atoms with E-state index in [1.54, 1.807) is 7.11 Å². The van der Waals surface area contributed by atoms with Crippen LogP contribution in [0.3, 0.4) is 0 Å². The number of benzene rings is 1. The third-order valence-corrected chi connectivity index (χ3v) is 3.75. The van der Waals surface area contributed by atoms with Gasteiger partial charge in [-0.1, -0.05) is 35.9 Å². The van der Waals surface area contributed by atoms with E-state index in [-0.39, 0.29) is 0 Å². The molecule has 0 fully saturated rings. The molecule has 0 radical (unpaired) electrons. The van der Waals surface area contributed by atoms with Gasteiger partial charge >= 0.3 is 0 Å². The summed E-state index contributed by atoms with van der Waals surface area (Å²) in [6.45, 7) is 0.550. The number of hydrogen-bond donors (Lipinski definition) is 0. The molecule has 4 heteroatoms. The second kappa shape index (κ2) is 5.27. The van der Waals surface area contributed by atoms with Gasteiger partial charge in [0.15, 0.2) is 5.82 Å². The van der Waals surface area contributed by atoms with Crippen molar-refractivity contribution in [1.29, 1.82) is 0 Å². The number of nitrogens with zero attached hydrogens (tertiary/aromatic N) is 2. The molecule has 1 aromatic heterocycles. The van der Waals surface area contributed by atoms with Gasteiger partial charge in [0.2, 0.25) is 0 Å². The zero-order valence-corrected chi connectivity index (χ0v) is 11.6. The van der Waals surface area contributed by atoms with Crippen LogP contribution in [-0.4, -0.2) is 17.1 Å². The standard InChI is InChI=1S/C15H15ClN2O/c1-19-9-10-5-2-3-6-11(10)15-17-13-8-4-7-12(13)14(16)18-15/h2-3,5-6H,4,7-9H2,1H3. The van der Waals surface area contributed by atoms with Crippen molar-refractivity contribution in [2.24, 2.45) is 0 Å². The first-order valence-corrected chi connectivity index (χ1v) is 6.80. The fourth-order valence-corrected chi connectivity index (χ4v) is 2.81. The molecule has 2 aromatic rings. The Morgan fingerprint density at radius 1 is 1.21 bits per heavy atom. The predicted molar refractivity (Wildman–Crippen MR) is 75.2 cm³/mol. The highest BCUT2D eigenvalue weighted by molar-refractivity contribution is 6.30. The molecule has 1 aromatic carbocycles. The molecule has 0 saturated heterocycles. The van der Waals surface area contributed by atoms with E-state index in [1.165, 1.54) is 0 Å². The maximum atomic E-state index is 6.27. The first-order chi connectivity index (χ1) is 9.29. The summed E-state index contributed by atoms with van der Waals surface area (Å²) in [7, 11) is 1.69. The lowest BCUT2D eigenvalue weighted by molar-refractivity contribution is 0.185. The molecule has 1 aliphatic carbocycles. The lowest BCUT2D eigenvalue weighted by Gasteiger charge is -2.09. The van der Waals surface area contributed by atoms with Crippen molar-refractivity contribution in [2.45, 2.75) is 25.9 Å². The van der Waals surface area contributed by atoms with Crippen LogP contribution in [0.15, 0.2) is 24.3 Å². The summed E-state index contributed by atoms with van der Waals surface area (Å²) < 4.78 is 5.22. The Hall–Kier alpha value is -1.45. The van der Waals surface area contributed by atoms with Crippen LogP contribution in [0.25, 0.3) is 11.4 Å². The van der Waals surface area contributed by atoms with E-state index in [1.807, 2.05) is 24.3 Å². The summed E-state index contributed by atoms with van der Waals surface area (Å²) in [5, 5.41) is 0.602. The minimum Gasteiger partial charge on any atom is -0.380 e. The molecule has 1 aliphatic rings. The topological polar surface area (TPSA) is 35.0 Å². The fraction of sp³-hybridized carbons (Fsp3) is 0.333. The highest BCUT2D eigenvalue weighted by Crippen LogP contribution is 2.30. The lowest BCUT2D eigenvalue weighted by atomic mass is 10.1. The molecule has 0 bridgehead atoms. The minimum atomic E-state index is 0.550. The zero-order valence-electron chi connectivity index (χ0n) is 10.8. The molecule has 98 valence electrons. The maximum Gasteiger partial charge on any atom is 0.161 e. The monoisotopic (exact) mass is 274 g/mol. The first-order valence-electron chi connectivity index (χ1n) is 6.42. The van der Waals surface area contributed by atoms with Gasteiger partial charge in [-0.3, -0.25) is 0 Å². The summed E-state index contributed by atoms with van der Waals surface area (Å²) in [5.41, 5.74) is 4.30. The number of methoxy groups -OCH3 is 1. The van der Waals surface area contributed by atoms with E-state index in [0.29, 0.717) is 17.6 Å². The Balaban J connectivity index is 2.10. The first kappa shape index (κ1) is 12.6. The van der Waals surface area contributed by atoms with Crippen molar-refractivity contribution in [2.75, 3.05) is 7.11 Å². The van der Waals surface area contributed by atoms with Crippen LogP contribution in [0, 0.1) is 0 Å². The van der Waals surface area contributed by atoms with Crippen molar-refractivity contribution >= 4 is 11.6 Å². The number of aromatic nitrogens is 2. The van der Waals surface area contributed by atoms with Gasteiger partial charge in [0.1, 0.15) is 5.15 Å². The van der Waals surface area contributed by atoms with Crippen LogP contribution in [0.4, 0.5) is 0 Å². The van der Waals surface area contributed by atoms with Gasteiger partial charge in [0.25, 0.3) is 0 Å². The third-order valence-electron chi connectivity index (χ3n) is 3.44. The van der Waals surface area contributed by atoms with E-state index in [9.17, 15) is 0 Å². The van der Waals surface area contributed by atoms with Crippen LogP contribution in [0.1, 0.15) is 23.2 Å². The SMILES string of the molecule is COCc1ccccc1-c1nc(Cl)c2c(n1)CCC2. The summed E-state index contributed by atoms with van der Waals surface area (Å²) in [4.78, 5) is 9.13. The van der Waals surface area contributed by atoms with Crippen LogP contribution in [0.2, 0.25) is 5.15 Å². The number of hydrogen-bond acceptors (Lipinski definition) is 3. The molecule has 1 heterocycles. The molecule has 3 rings (SSSR count). The van der Waals surface area contributed by atoms with Gasteiger partial charge in [-0.2, -0.15) is 0 Å². The van der Waals surface area contributed by atoms with Gasteiger partial charge in [0, 0.05) is 23.9 Å². The maximum absolute atomic E-state index is 6.27. The number of halogens is 1. The highest BCUT2D eigenvalue weighted by atomic mass is 35.5. The summed E-state index contributed by atoms with van der Waals surface area (Å²) >= 11 is 6.27.